The molecular weight excluding hydrogens is 358 g/mol. The Hall–Kier alpha value is -2.42. The van der Waals surface area contributed by atoms with Gasteiger partial charge in [-0.05, 0) is 31.9 Å². The Bertz CT molecular complexity index is 844. The second-order valence-electron chi connectivity index (χ2n) is 6.25. The average Bonchev–Trinajstić information content (AvgIpc) is 3.22. The summed E-state index contributed by atoms with van der Waals surface area (Å²) in [6.07, 6.45) is 1.09. The number of amidine groups is 1. The zero-order chi connectivity index (χ0) is 18.7. The Labute approximate surface area is 152 Å². The number of nitrogens with one attached hydrogen (secondary N) is 1. The van der Waals surface area contributed by atoms with Gasteiger partial charge in [-0.3, -0.25) is 19.3 Å². The van der Waals surface area contributed by atoms with E-state index in [9.17, 15) is 18.0 Å². The number of sulfonamides is 1. The number of carbonyl (C=O) groups excluding carboxylic acids is 2. The SMILES string of the molecule is C[C@H](OC(=O)CCN=C1NS(=O)(=O)c2ccccc21)C(=O)N1CCCC1. The van der Waals surface area contributed by atoms with E-state index in [2.05, 4.69) is 9.71 Å². The van der Waals surface area contributed by atoms with Crippen molar-refractivity contribution in [1.82, 2.24) is 9.62 Å². The molecular formula is C17H21N3O5S. The van der Waals surface area contributed by atoms with Gasteiger partial charge < -0.3 is 9.64 Å². The Balaban J connectivity index is 1.54. The molecule has 0 saturated carbocycles. The van der Waals surface area contributed by atoms with Crippen LogP contribution in [0.4, 0.5) is 0 Å². The number of hydrogen-bond donors (Lipinski definition) is 1. The van der Waals surface area contributed by atoms with Gasteiger partial charge >= 0.3 is 5.97 Å². The highest BCUT2D eigenvalue weighted by molar-refractivity contribution is 7.90. The summed E-state index contributed by atoms with van der Waals surface area (Å²) in [5.74, 6) is -0.502. The molecule has 2 heterocycles. The van der Waals surface area contributed by atoms with Gasteiger partial charge in [0.05, 0.1) is 17.9 Å². The van der Waals surface area contributed by atoms with Crippen molar-refractivity contribution in [3.8, 4) is 0 Å². The van der Waals surface area contributed by atoms with Crippen molar-refractivity contribution in [2.24, 2.45) is 4.99 Å². The molecule has 1 atom stereocenters. The zero-order valence-electron chi connectivity index (χ0n) is 14.5. The first-order valence-corrected chi connectivity index (χ1v) is 10.0. The number of amides is 1. The van der Waals surface area contributed by atoms with Crippen LogP contribution in [0.2, 0.25) is 0 Å². The van der Waals surface area contributed by atoms with Gasteiger partial charge in [0.2, 0.25) is 0 Å². The molecule has 0 spiro atoms. The third-order valence-electron chi connectivity index (χ3n) is 4.32. The van der Waals surface area contributed by atoms with Crippen molar-refractivity contribution in [2.75, 3.05) is 19.6 Å². The van der Waals surface area contributed by atoms with Crippen molar-refractivity contribution in [1.29, 1.82) is 0 Å². The van der Waals surface area contributed by atoms with E-state index in [-0.39, 0.29) is 29.6 Å². The van der Waals surface area contributed by atoms with Crippen LogP contribution in [-0.4, -0.2) is 56.8 Å². The monoisotopic (exact) mass is 379 g/mol. The fourth-order valence-electron chi connectivity index (χ4n) is 3.01. The lowest BCUT2D eigenvalue weighted by Crippen LogP contribution is -2.38. The molecule has 1 aromatic carbocycles. The van der Waals surface area contributed by atoms with Gasteiger partial charge in [0.15, 0.2) is 6.10 Å². The molecule has 0 aliphatic carbocycles. The van der Waals surface area contributed by atoms with E-state index in [0.717, 1.165) is 12.8 Å². The predicted molar refractivity (Wildman–Crippen MR) is 94.2 cm³/mol. The zero-order valence-corrected chi connectivity index (χ0v) is 15.3. The molecule has 2 aliphatic rings. The van der Waals surface area contributed by atoms with Crippen LogP contribution in [0.25, 0.3) is 0 Å². The maximum atomic E-state index is 12.1. The number of nitrogens with zero attached hydrogens (tertiary/aromatic N) is 2. The molecule has 3 rings (SSSR count). The standard InChI is InChI=1S/C17H21N3O5S/c1-12(17(22)20-10-4-5-11-20)25-15(21)8-9-18-16-13-6-2-3-7-14(13)26(23,24)19-16/h2-3,6-7,12H,4-5,8-11H2,1H3,(H,18,19)/t12-/m0/s1. The third-order valence-corrected chi connectivity index (χ3v) is 5.72. The molecule has 140 valence electrons. The topological polar surface area (TPSA) is 105 Å². The number of likely N-dealkylation sites (tertiary alicyclic amines) is 1. The lowest BCUT2D eigenvalue weighted by Gasteiger charge is -2.20. The second kappa shape index (κ2) is 7.45. The highest BCUT2D eigenvalue weighted by Gasteiger charge is 2.30. The number of benzene rings is 1. The van der Waals surface area contributed by atoms with Gasteiger partial charge in [-0.2, -0.15) is 0 Å². The summed E-state index contributed by atoms with van der Waals surface area (Å²) < 4.78 is 31.5. The first kappa shape index (κ1) is 18.4. The minimum absolute atomic E-state index is 0.0367. The third kappa shape index (κ3) is 3.87. The molecule has 9 heteroatoms. The van der Waals surface area contributed by atoms with Crippen LogP contribution in [0.3, 0.4) is 0 Å². The Morgan fingerprint density at radius 2 is 1.96 bits per heavy atom. The highest BCUT2D eigenvalue weighted by Crippen LogP contribution is 2.22. The number of rotatable bonds is 5. The van der Waals surface area contributed by atoms with E-state index in [1.807, 2.05) is 0 Å². The number of carbonyl (C=O) groups is 2. The molecule has 1 N–H and O–H groups in total. The summed E-state index contributed by atoms with van der Waals surface area (Å²) in [5.41, 5.74) is 0.485. The fourth-order valence-corrected chi connectivity index (χ4v) is 4.26. The molecule has 2 aliphatic heterocycles. The summed E-state index contributed by atoms with van der Waals surface area (Å²) in [7, 11) is -3.59. The quantitative estimate of drug-likeness (QED) is 0.757. The van der Waals surface area contributed by atoms with Crippen LogP contribution in [0, 0.1) is 0 Å². The van der Waals surface area contributed by atoms with Crippen LogP contribution in [0.15, 0.2) is 34.2 Å². The Morgan fingerprint density at radius 1 is 1.27 bits per heavy atom. The van der Waals surface area contributed by atoms with Gasteiger partial charge in [-0.15, -0.1) is 0 Å². The van der Waals surface area contributed by atoms with Crippen molar-refractivity contribution < 1.29 is 22.7 Å². The largest absolute Gasteiger partial charge is 0.452 e. The molecule has 1 saturated heterocycles. The number of ether oxygens (including phenoxy) is 1. The predicted octanol–water partition coefficient (Wildman–Crippen LogP) is 0.669. The van der Waals surface area contributed by atoms with E-state index in [1.165, 1.54) is 6.07 Å². The Kier molecular flexibility index (Phi) is 5.26. The van der Waals surface area contributed by atoms with Gasteiger partial charge in [0.1, 0.15) is 5.84 Å². The minimum Gasteiger partial charge on any atom is -0.452 e. The van der Waals surface area contributed by atoms with Crippen LogP contribution >= 0.6 is 0 Å². The lowest BCUT2D eigenvalue weighted by atomic mass is 10.2. The number of fused-ring (bicyclic) bond motifs is 1. The van der Waals surface area contributed by atoms with Crippen molar-refractivity contribution in [3.63, 3.8) is 0 Å². The van der Waals surface area contributed by atoms with E-state index in [1.54, 1.807) is 30.0 Å². The summed E-state index contributed by atoms with van der Waals surface area (Å²) in [6.45, 7) is 3.03. The highest BCUT2D eigenvalue weighted by atomic mass is 32.2. The molecule has 1 amide bonds. The average molecular weight is 379 g/mol. The van der Waals surface area contributed by atoms with E-state index < -0.39 is 22.1 Å². The number of esters is 1. The van der Waals surface area contributed by atoms with Gasteiger partial charge in [-0.1, -0.05) is 12.1 Å². The van der Waals surface area contributed by atoms with Gasteiger partial charge in [0, 0.05) is 18.7 Å². The normalized spacial score (nSPS) is 20.5. The fraction of sp³-hybridized carbons (Fsp3) is 0.471. The lowest BCUT2D eigenvalue weighted by molar-refractivity contribution is -0.158. The van der Waals surface area contributed by atoms with Crippen LogP contribution in [0.5, 0.6) is 0 Å². The van der Waals surface area contributed by atoms with Crippen molar-refractivity contribution in [2.45, 2.75) is 37.2 Å². The van der Waals surface area contributed by atoms with Crippen molar-refractivity contribution in [3.05, 3.63) is 29.8 Å². The van der Waals surface area contributed by atoms with Crippen LogP contribution < -0.4 is 4.72 Å². The van der Waals surface area contributed by atoms with Crippen LogP contribution in [0.1, 0.15) is 31.7 Å². The first-order valence-electron chi connectivity index (χ1n) is 8.53. The summed E-state index contributed by atoms with van der Waals surface area (Å²) >= 11 is 0. The van der Waals surface area contributed by atoms with Gasteiger partial charge in [-0.25, -0.2) is 8.42 Å². The summed E-state index contributed by atoms with van der Waals surface area (Å²) in [4.78, 5) is 30.1. The molecule has 0 bridgehead atoms. The van der Waals surface area contributed by atoms with Gasteiger partial charge in [0.25, 0.3) is 15.9 Å². The maximum Gasteiger partial charge on any atom is 0.308 e. The Morgan fingerprint density at radius 3 is 2.69 bits per heavy atom. The first-order chi connectivity index (χ1) is 12.4. The number of aliphatic imine (C=N–C) groups is 1. The molecule has 26 heavy (non-hydrogen) atoms. The molecule has 0 unspecified atom stereocenters. The van der Waals surface area contributed by atoms with Crippen molar-refractivity contribution >= 4 is 27.7 Å². The maximum absolute atomic E-state index is 12.1. The van der Waals surface area contributed by atoms with E-state index in [0.29, 0.717) is 18.7 Å². The summed E-state index contributed by atoms with van der Waals surface area (Å²) in [6, 6.07) is 6.51. The second-order valence-corrected chi connectivity index (χ2v) is 7.90. The molecule has 1 fully saturated rings. The smallest absolute Gasteiger partial charge is 0.308 e. The molecule has 1 aromatic rings. The summed E-state index contributed by atoms with van der Waals surface area (Å²) in [5, 5.41) is 0. The molecule has 0 aromatic heterocycles. The van der Waals surface area contributed by atoms with Crippen LogP contribution in [-0.2, 0) is 24.3 Å². The molecule has 0 radical (unpaired) electrons. The number of hydrogen-bond acceptors (Lipinski definition) is 6. The van der Waals surface area contributed by atoms with E-state index in [4.69, 9.17) is 4.74 Å². The molecule has 8 nitrogen and oxygen atoms in total. The van der Waals surface area contributed by atoms with E-state index >= 15 is 0 Å². The minimum atomic E-state index is -3.59.